The molecule has 5 aromatic rings. The number of carbonyl (C=O) groups is 12. The van der Waals surface area contributed by atoms with Gasteiger partial charge in [0.2, 0.25) is 65.0 Å². The predicted octanol–water partition coefficient (Wildman–Crippen LogP) is 0.0984. The highest BCUT2D eigenvalue weighted by Crippen LogP contribution is 2.25. The third-order valence-electron chi connectivity index (χ3n) is 16.6. The van der Waals surface area contributed by atoms with Crippen molar-refractivity contribution in [3.8, 4) is 0 Å². The topological polar surface area (TPSA) is 476 Å². The van der Waals surface area contributed by atoms with E-state index in [0.29, 0.717) is 16.8 Å². The fraction of sp³-hybridized carbons (Fsp3) is 0.544. The van der Waals surface area contributed by atoms with Crippen LogP contribution in [0.2, 0.25) is 0 Å². The quantitative estimate of drug-likeness (QED) is 0.0433. The van der Waals surface area contributed by atoms with Gasteiger partial charge in [-0.3, -0.25) is 57.5 Å². The molecular formula is C68H99N17O14S2. The van der Waals surface area contributed by atoms with Crippen molar-refractivity contribution in [3.05, 3.63) is 90.3 Å². The van der Waals surface area contributed by atoms with Gasteiger partial charge < -0.3 is 94.7 Å². The molecule has 2 aromatic carbocycles. The van der Waals surface area contributed by atoms with Gasteiger partial charge in [-0.25, -0.2) is 4.98 Å². The molecule has 12 atom stereocenters. The predicted molar refractivity (Wildman–Crippen MR) is 383 cm³/mol. The average Bonchev–Trinajstić information content (AvgIpc) is 1.73. The number of aromatic nitrogens is 4. The minimum Gasteiger partial charge on any atom is -0.481 e. The van der Waals surface area contributed by atoms with E-state index in [-0.39, 0.29) is 68.0 Å². The first-order valence-electron chi connectivity index (χ1n) is 33.9. The Balaban J connectivity index is 1.39. The number of carboxylic acid groups (broad SMARTS) is 1. The van der Waals surface area contributed by atoms with E-state index in [1.807, 2.05) is 56.3 Å². The van der Waals surface area contributed by atoms with E-state index in [4.69, 9.17) is 5.73 Å². The smallest absolute Gasteiger partial charge is 0.303 e. The lowest BCUT2D eigenvalue weighted by atomic mass is 9.98. The zero-order valence-corrected chi connectivity index (χ0v) is 60.2. The molecule has 552 valence electrons. The molecule has 0 spiro atoms. The summed E-state index contributed by atoms with van der Waals surface area (Å²) < 4.78 is 0. The van der Waals surface area contributed by atoms with Crippen LogP contribution >= 0.6 is 21.6 Å². The molecule has 3 aromatic heterocycles. The summed E-state index contributed by atoms with van der Waals surface area (Å²) in [6.07, 6.45) is 3.44. The van der Waals surface area contributed by atoms with E-state index < -0.39 is 169 Å². The number of fused-ring (bicyclic) bond motifs is 2. The number of amides is 11. The third-order valence-corrected chi connectivity index (χ3v) is 19.1. The van der Waals surface area contributed by atoms with Crippen molar-refractivity contribution in [2.24, 2.45) is 23.5 Å². The second-order valence-corrected chi connectivity index (χ2v) is 29.4. The Morgan fingerprint density at radius 2 is 1.09 bits per heavy atom. The molecule has 1 saturated heterocycles. The summed E-state index contributed by atoms with van der Waals surface area (Å²) >= 11 is 0. The Hall–Kier alpha value is -9.05. The van der Waals surface area contributed by atoms with Crippen LogP contribution in [-0.4, -0.2) is 204 Å². The Morgan fingerprint density at radius 1 is 0.584 bits per heavy atom. The first-order valence-corrected chi connectivity index (χ1v) is 36.4. The van der Waals surface area contributed by atoms with E-state index in [1.165, 1.54) is 48.0 Å². The number of nitrogens with zero attached hydrogens (tertiary/aromatic N) is 1. The van der Waals surface area contributed by atoms with Gasteiger partial charge in [-0.1, -0.05) is 113 Å². The van der Waals surface area contributed by atoms with Gasteiger partial charge in [-0.15, -0.1) is 0 Å². The fourth-order valence-corrected chi connectivity index (χ4v) is 13.8. The number of para-hydroxylation sites is 2. The highest BCUT2D eigenvalue weighted by molar-refractivity contribution is 8.76. The number of aliphatic hydroxyl groups is 1. The number of benzene rings is 2. The molecule has 31 nitrogen and oxygen atoms in total. The minimum absolute atomic E-state index is 0.0124. The molecule has 0 saturated carbocycles. The van der Waals surface area contributed by atoms with Crippen molar-refractivity contribution in [2.45, 2.75) is 193 Å². The number of nitrogens with one attached hydrogen (secondary N) is 15. The SMILES string of the molecule is CC(C)C[C@@H]1NC(=O)[C@H](Cc2cnc[nH]2)NC(=O)[C@H](Cc2c[nH]c3ccccc23)NC(=O)[C@H](C)NC(=O)[C@@H](NC(C)C)CSSC[C@@H](CN[C@H](C(N)=O)[C@@H](C)O)NC(=O)[C@H](Cc2c[nH]c3ccccc23)NC(=O)[C@H](C(C)C)NC(=O)[C@H](CC(C)C)NC(=O)[C@H](CCC(=O)O)NC(=O)CNC1=O. The summed E-state index contributed by atoms with van der Waals surface area (Å²) in [4.78, 5) is 183. The van der Waals surface area contributed by atoms with Crippen LogP contribution in [0.25, 0.3) is 21.8 Å². The Bertz CT molecular complexity index is 3660. The van der Waals surface area contributed by atoms with Crippen molar-refractivity contribution in [2.75, 3.05) is 24.6 Å². The molecular weight excluding hydrogens is 1340 g/mol. The van der Waals surface area contributed by atoms with Crippen LogP contribution in [0.4, 0.5) is 0 Å². The number of H-pyrrole nitrogens is 3. The Labute approximate surface area is 594 Å². The zero-order valence-electron chi connectivity index (χ0n) is 58.6. The standard InChI is InChI=1S/C68H99N17O14S2/c1-34(2)21-49-61(92)74-30-55(87)79-48(19-20-56(88)89)62(93)82-50(22-35(3)4)66(97)85-57(36(5)6)68(99)84-51(23-40-26-71-46-17-13-11-15-44(40)46)63(94)78-43(29-73-58(39(10)86)59(69)90)31-100-101-32-54(76-37(7)8)67(98)77-38(9)60(91)80-52(24-41-27-72-47-18-14-12-16-45(41)47)64(95)83-53(65(96)81-49)25-42-28-70-33-75-42/h11-18,26-28,33-39,43,48-54,57-58,71-73,76,86H,19-25,29-32H2,1-10H3,(H2,69,90)(H,70,75)(H,74,92)(H,77,98)(H,78,94)(H,79,87)(H,80,91)(H,81,96)(H,82,93)(H,83,95)(H,84,99)(H,85,97)(H,88,89)/t38-,39+,43+,48-,49-,50-,51-,52-,53-,54-,57-,58-/m0/s1. The number of primary amides is 1. The Kier molecular flexibility index (Phi) is 31.4. The molecule has 6 rings (SSSR count). The summed E-state index contributed by atoms with van der Waals surface area (Å²) in [5.74, 6) is -11.3. The number of hydrogen-bond donors (Lipinski definition) is 18. The normalized spacial score (nSPS) is 23.8. The minimum atomic E-state index is -1.59. The highest BCUT2D eigenvalue weighted by Gasteiger charge is 2.37. The molecule has 0 bridgehead atoms. The van der Waals surface area contributed by atoms with E-state index in [0.717, 1.165) is 21.8 Å². The number of aromatic amines is 3. The van der Waals surface area contributed by atoms with Gasteiger partial charge in [0, 0.05) is 95.9 Å². The number of carboxylic acids is 1. The molecule has 4 heterocycles. The number of aliphatic carboxylic acids is 1. The van der Waals surface area contributed by atoms with Gasteiger partial charge >= 0.3 is 5.97 Å². The van der Waals surface area contributed by atoms with Crippen molar-refractivity contribution < 1.29 is 67.7 Å². The van der Waals surface area contributed by atoms with Gasteiger partial charge in [-0.2, -0.15) is 0 Å². The third kappa shape index (κ3) is 25.5. The molecule has 1 aliphatic heterocycles. The van der Waals surface area contributed by atoms with Crippen molar-refractivity contribution >= 4 is 114 Å². The lowest BCUT2D eigenvalue weighted by Crippen LogP contribution is -2.61. The summed E-state index contributed by atoms with van der Waals surface area (Å²) in [6, 6.07) is 0.145. The molecule has 11 amide bonds. The van der Waals surface area contributed by atoms with Gasteiger partial charge in [0.25, 0.3) is 0 Å². The number of hydrogen-bond acceptors (Lipinski definition) is 18. The van der Waals surface area contributed by atoms with E-state index >= 15 is 0 Å². The molecule has 0 unspecified atom stereocenters. The van der Waals surface area contributed by atoms with E-state index in [1.54, 1.807) is 60.0 Å². The number of aliphatic hydroxyl groups excluding tert-OH is 1. The lowest BCUT2D eigenvalue weighted by molar-refractivity contribution is -0.138. The van der Waals surface area contributed by atoms with Crippen LogP contribution in [0.5, 0.6) is 0 Å². The van der Waals surface area contributed by atoms with Gasteiger partial charge in [0.1, 0.15) is 54.4 Å². The Morgan fingerprint density at radius 3 is 1.61 bits per heavy atom. The molecule has 33 heteroatoms. The maximum atomic E-state index is 15.0. The first-order chi connectivity index (χ1) is 47.9. The van der Waals surface area contributed by atoms with E-state index in [2.05, 4.69) is 83.7 Å². The van der Waals surface area contributed by atoms with Crippen LogP contribution in [-0.2, 0) is 76.8 Å². The van der Waals surface area contributed by atoms with Crippen LogP contribution in [0.1, 0.15) is 112 Å². The second-order valence-electron chi connectivity index (χ2n) is 26.9. The summed E-state index contributed by atoms with van der Waals surface area (Å²) in [7, 11) is 2.47. The summed E-state index contributed by atoms with van der Waals surface area (Å²) in [5.41, 5.74) is 8.81. The fourth-order valence-electron chi connectivity index (χ4n) is 11.4. The first kappa shape index (κ1) is 80.9. The average molecular weight is 1440 g/mol. The largest absolute Gasteiger partial charge is 0.481 e. The lowest BCUT2D eigenvalue weighted by Gasteiger charge is -2.29. The summed E-state index contributed by atoms with van der Waals surface area (Å²) in [6.45, 7) is 15.9. The van der Waals surface area contributed by atoms with Crippen LogP contribution in [0, 0.1) is 17.8 Å². The number of nitrogens with two attached hydrogens (primary N) is 1. The maximum Gasteiger partial charge on any atom is 0.303 e. The number of carbonyl (C=O) groups excluding carboxylic acids is 11. The van der Waals surface area contributed by atoms with Crippen molar-refractivity contribution in [1.82, 2.24) is 83.7 Å². The van der Waals surface area contributed by atoms with E-state index in [9.17, 15) is 67.7 Å². The molecule has 1 fully saturated rings. The van der Waals surface area contributed by atoms with Gasteiger partial charge in [0.05, 0.1) is 31.1 Å². The summed E-state index contributed by atoms with van der Waals surface area (Å²) in [5, 5.41) is 55.2. The highest BCUT2D eigenvalue weighted by atomic mass is 33.1. The van der Waals surface area contributed by atoms with Crippen molar-refractivity contribution in [1.29, 1.82) is 0 Å². The molecule has 0 radical (unpaired) electrons. The van der Waals surface area contributed by atoms with Crippen LogP contribution in [0.15, 0.2) is 73.4 Å². The second kappa shape index (κ2) is 39.2. The van der Waals surface area contributed by atoms with Gasteiger partial charge in [-0.05, 0) is 74.1 Å². The molecule has 101 heavy (non-hydrogen) atoms. The number of rotatable bonds is 21. The monoisotopic (exact) mass is 1440 g/mol. The molecule has 0 aliphatic carbocycles. The maximum absolute atomic E-state index is 15.0. The van der Waals surface area contributed by atoms with Gasteiger partial charge in [0.15, 0.2) is 0 Å². The van der Waals surface area contributed by atoms with Crippen molar-refractivity contribution in [3.63, 3.8) is 0 Å². The molecule has 19 N–H and O–H groups in total. The zero-order chi connectivity index (χ0) is 74.2. The van der Waals surface area contributed by atoms with Crippen LogP contribution in [0.3, 0.4) is 0 Å². The van der Waals surface area contributed by atoms with Crippen LogP contribution < -0.4 is 69.5 Å². The molecule has 1 aliphatic rings. The number of imidazole rings is 1.